The first kappa shape index (κ1) is 11.7. The summed E-state index contributed by atoms with van der Waals surface area (Å²) in [5, 5.41) is 4.25. The summed E-state index contributed by atoms with van der Waals surface area (Å²) >= 11 is 6.10. The highest BCUT2D eigenvalue weighted by molar-refractivity contribution is 6.35. The highest BCUT2D eigenvalue weighted by Gasteiger charge is 2.05. The van der Waals surface area contributed by atoms with E-state index in [1.54, 1.807) is 12.3 Å². The van der Waals surface area contributed by atoms with Crippen LogP contribution in [0, 0.1) is 0 Å². The van der Waals surface area contributed by atoms with Gasteiger partial charge in [-0.15, -0.1) is 0 Å². The average Bonchev–Trinajstić information content (AvgIpc) is 2.69. The van der Waals surface area contributed by atoms with E-state index in [9.17, 15) is 4.79 Å². The molecule has 0 saturated carbocycles. The summed E-state index contributed by atoms with van der Waals surface area (Å²) in [6.45, 7) is 1.99. The van der Waals surface area contributed by atoms with Crippen molar-refractivity contribution in [3.8, 4) is 0 Å². The fraction of sp³-hybridized carbons (Fsp3) is 0.167. The minimum Gasteiger partial charge on any atom is -0.353 e. The highest BCUT2D eigenvalue weighted by Crippen LogP contribution is 2.25. The second-order valence-electron chi connectivity index (χ2n) is 3.60. The summed E-state index contributed by atoms with van der Waals surface area (Å²) in [5.41, 5.74) is 1.72. The van der Waals surface area contributed by atoms with Crippen LogP contribution in [0.4, 0.5) is 0 Å². The van der Waals surface area contributed by atoms with Gasteiger partial charge in [0.05, 0.1) is 5.02 Å². The van der Waals surface area contributed by atoms with Crippen molar-refractivity contribution in [3.05, 3.63) is 35.1 Å². The van der Waals surface area contributed by atoms with Crippen LogP contribution in [0.3, 0.4) is 0 Å². The molecule has 0 saturated heterocycles. The molecule has 0 atom stereocenters. The van der Waals surface area contributed by atoms with Crippen LogP contribution in [0.1, 0.15) is 12.5 Å². The Morgan fingerprint density at radius 3 is 3.24 bits per heavy atom. The Kier molecular flexibility index (Phi) is 3.44. The van der Waals surface area contributed by atoms with Crippen molar-refractivity contribution in [3.63, 3.8) is 0 Å². The molecule has 17 heavy (non-hydrogen) atoms. The Labute approximate surface area is 104 Å². The monoisotopic (exact) mass is 249 g/mol. The number of carbonyl (C=O) groups is 1. The third-order valence-corrected chi connectivity index (χ3v) is 2.63. The molecule has 1 amide bonds. The largest absolute Gasteiger partial charge is 0.353 e. The number of nitrogens with zero attached hydrogens (tertiary/aromatic N) is 1. The zero-order chi connectivity index (χ0) is 12.3. The van der Waals surface area contributed by atoms with Crippen LogP contribution in [0.15, 0.2) is 24.5 Å². The number of aromatic amines is 1. The van der Waals surface area contributed by atoms with Gasteiger partial charge in [0.2, 0.25) is 5.91 Å². The van der Waals surface area contributed by atoms with E-state index in [-0.39, 0.29) is 5.91 Å². The van der Waals surface area contributed by atoms with Crippen LogP contribution in [0.25, 0.3) is 17.1 Å². The number of aromatic nitrogens is 2. The molecule has 0 aliphatic carbocycles. The van der Waals surface area contributed by atoms with Crippen molar-refractivity contribution >= 4 is 34.6 Å². The third kappa shape index (κ3) is 2.65. The van der Waals surface area contributed by atoms with E-state index < -0.39 is 0 Å². The van der Waals surface area contributed by atoms with Crippen molar-refractivity contribution in [1.29, 1.82) is 0 Å². The lowest BCUT2D eigenvalue weighted by molar-refractivity contribution is -0.118. The van der Waals surface area contributed by atoms with Gasteiger partial charge >= 0.3 is 0 Å². The first-order chi connectivity index (χ1) is 8.18. The Bertz CT molecular complexity index is 574. The topological polar surface area (TPSA) is 57.8 Å². The molecule has 88 valence electrons. The maximum absolute atomic E-state index is 10.7. The van der Waals surface area contributed by atoms with Gasteiger partial charge in [-0.3, -0.25) is 4.79 Å². The van der Waals surface area contributed by atoms with E-state index in [2.05, 4.69) is 15.3 Å². The Morgan fingerprint density at radius 2 is 2.47 bits per heavy atom. The van der Waals surface area contributed by atoms with Crippen LogP contribution in [0.5, 0.6) is 0 Å². The van der Waals surface area contributed by atoms with Crippen LogP contribution in [0.2, 0.25) is 5.02 Å². The Hall–Kier alpha value is -1.81. The van der Waals surface area contributed by atoms with Gasteiger partial charge in [-0.05, 0) is 6.07 Å². The van der Waals surface area contributed by atoms with E-state index in [1.807, 2.05) is 18.3 Å². The number of hydrogen-bond acceptors (Lipinski definition) is 2. The van der Waals surface area contributed by atoms with Gasteiger partial charge in [-0.25, -0.2) is 4.98 Å². The maximum atomic E-state index is 10.7. The minimum atomic E-state index is -0.0479. The second-order valence-corrected chi connectivity index (χ2v) is 4.01. The number of pyridine rings is 1. The van der Waals surface area contributed by atoms with Crippen LogP contribution in [-0.4, -0.2) is 22.4 Å². The van der Waals surface area contributed by atoms with Gasteiger partial charge in [-0.1, -0.05) is 23.8 Å². The molecule has 0 aliphatic heterocycles. The van der Waals surface area contributed by atoms with Crippen molar-refractivity contribution in [1.82, 2.24) is 15.3 Å². The average molecular weight is 250 g/mol. The molecule has 0 aromatic carbocycles. The molecule has 2 rings (SSSR count). The number of rotatable bonds is 3. The zero-order valence-electron chi connectivity index (χ0n) is 9.33. The smallest absolute Gasteiger partial charge is 0.217 e. The SMILES string of the molecule is CC(=O)NCC=Cc1c[nH]c2nccc(Cl)c12. The molecule has 0 bridgehead atoms. The summed E-state index contributed by atoms with van der Waals surface area (Å²) < 4.78 is 0. The van der Waals surface area contributed by atoms with Crippen molar-refractivity contribution in [2.45, 2.75) is 6.92 Å². The van der Waals surface area contributed by atoms with Gasteiger partial charge in [0.15, 0.2) is 0 Å². The van der Waals surface area contributed by atoms with Gasteiger partial charge in [0.1, 0.15) is 5.65 Å². The predicted molar refractivity (Wildman–Crippen MR) is 68.8 cm³/mol. The molecule has 5 heteroatoms. The summed E-state index contributed by atoms with van der Waals surface area (Å²) in [5.74, 6) is -0.0479. The Morgan fingerprint density at radius 1 is 1.65 bits per heavy atom. The minimum absolute atomic E-state index is 0.0479. The van der Waals surface area contributed by atoms with Crippen molar-refractivity contribution in [2.75, 3.05) is 6.54 Å². The fourth-order valence-corrected chi connectivity index (χ4v) is 1.82. The lowest BCUT2D eigenvalue weighted by Gasteiger charge is -1.96. The molecule has 0 spiro atoms. The number of carbonyl (C=O) groups excluding carboxylic acids is 1. The second kappa shape index (κ2) is 5.01. The van der Waals surface area contributed by atoms with E-state index in [4.69, 9.17) is 11.6 Å². The number of fused-ring (bicyclic) bond motifs is 1. The number of hydrogen-bond donors (Lipinski definition) is 2. The summed E-state index contributed by atoms with van der Waals surface area (Å²) in [6.07, 6.45) is 7.27. The summed E-state index contributed by atoms with van der Waals surface area (Å²) in [6, 6.07) is 1.75. The van der Waals surface area contributed by atoms with Crippen LogP contribution < -0.4 is 5.32 Å². The molecule has 2 aromatic rings. The van der Waals surface area contributed by atoms with Gasteiger partial charge in [0, 0.05) is 36.8 Å². The third-order valence-electron chi connectivity index (χ3n) is 2.32. The summed E-state index contributed by atoms with van der Waals surface area (Å²) in [4.78, 5) is 17.9. The standard InChI is InChI=1S/C12H12ClN3O/c1-8(17)14-5-2-3-9-7-16-12-11(9)10(13)4-6-15-12/h2-4,6-7H,5H2,1H3,(H,14,17)(H,15,16). The zero-order valence-corrected chi connectivity index (χ0v) is 10.1. The number of halogens is 1. The van der Waals surface area contributed by atoms with Crippen LogP contribution >= 0.6 is 11.6 Å². The molecule has 0 unspecified atom stereocenters. The first-order valence-electron chi connectivity index (χ1n) is 5.21. The van der Waals surface area contributed by atoms with E-state index in [0.717, 1.165) is 16.6 Å². The predicted octanol–water partition coefficient (Wildman–Crippen LogP) is 2.37. The quantitative estimate of drug-likeness (QED) is 0.877. The molecule has 0 radical (unpaired) electrons. The van der Waals surface area contributed by atoms with E-state index >= 15 is 0 Å². The Balaban J connectivity index is 2.22. The van der Waals surface area contributed by atoms with Gasteiger partial charge in [-0.2, -0.15) is 0 Å². The molecule has 2 aromatic heterocycles. The molecule has 2 N–H and O–H groups in total. The molecule has 0 fully saturated rings. The van der Waals surface area contributed by atoms with Crippen molar-refractivity contribution < 1.29 is 4.79 Å². The highest BCUT2D eigenvalue weighted by atomic mass is 35.5. The molecular formula is C12H12ClN3O. The number of amides is 1. The maximum Gasteiger partial charge on any atom is 0.217 e. The molecule has 4 nitrogen and oxygen atoms in total. The normalized spacial score (nSPS) is 11.2. The molecular weight excluding hydrogens is 238 g/mol. The first-order valence-corrected chi connectivity index (χ1v) is 5.59. The van der Waals surface area contributed by atoms with E-state index in [1.165, 1.54) is 6.92 Å². The van der Waals surface area contributed by atoms with Gasteiger partial charge < -0.3 is 10.3 Å². The summed E-state index contributed by atoms with van der Waals surface area (Å²) in [7, 11) is 0. The van der Waals surface area contributed by atoms with E-state index in [0.29, 0.717) is 11.6 Å². The van der Waals surface area contributed by atoms with Crippen LogP contribution in [-0.2, 0) is 4.79 Å². The van der Waals surface area contributed by atoms with Gasteiger partial charge in [0.25, 0.3) is 0 Å². The number of H-pyrrole nitrogens is 1. The number of nitrogens with one attached hydrogen (secondary N) is 2. The fourth-order valence-electron chi connectivity index (χ4n) is 1.56. The lowest BCUT2D eigenvalue weighted by Crippen LogP contribution is -2.19. The van der Waals surface area contributed by atoms with Crippen molar-refractivity contribution in [2.24, 2.45) is 0 Å². The molecule has 0 aliphatic rings. The lowest BCUT2D eigenvalue weighted by atomic mass is 10.2. The molecule has 2 heterocycles.